The molecule has 0 fully saturated rings. The lowest BCUT2D eigenvalue weighted by Crippen LogP contribution is -2.37. The molecule has 1 N–H and O–H groups in total. The van der Waals surface area contributed by atoms with E-state index in [4.69, 9.17) is 9.47 Å². The Labute approximate surface area is 156 Å². The number of hydrogen-bond acceptors (Lipinski definition) is 6. The van der Waals surface area contributed by atoms with Gasteiger partial charge >= 0.3 is 0 Å². The molecule has 8 nitrogen and oxygen atoms in total. The van der Waals surface area contributed by atoms with Gasteiger partial charge in [-0.25, -0.2) is 8.42 Å². The first kappa shape index (κ1) is 18.7. The minimum absolute atomic E-state index is 0.112. The number of hydrogen-bond donors (Lipinski definition) is 1. The number of benzene rings is 2. The number of carbonyl (C=O) groups excluding carboxylic acids is 2. The summed E-state index contributed by atoms with van der Waals surface area (Å²) in [5, 5.41) is 2.63. The lowest BCUT2D eigenvalue weighted by molar-refractivity contribution is -0.114. The van der Waals surface area contributed by atoms with E-state index in [1.54, 1.807) is 30.3 Å². The molecule has 1 heterocycles. The number of carbonyl (C=O) groups is 2. The molecule has 0 spiro atoms. The van der Waals surface area contributed by atoms with E-state index in [9.17, 15) is 18.0 Å². The zero-order chi connectivity index (χ0) is 19.6. The predicted octanol–water partition coefficient (Wildman–Crippen LogP) is 2.02. The van der Waals surface area contributed by atoms with Crippen LogP contribution in [0.5, 0.6) is 11.5 Å². The molecular weight excluding hydrogens is 372 g/mol. The lowest BCUT2D eigenvalue weighted by atomic mass is 10.1. The first-order valence-corrected chi connectivity index (χ1v) is 9.87. The number of Topliss-reactive ketones (excluding diaryl/α,β-unsaturated/α-hetero) is 1. The summed E-state index contributed by atoms with van der Waals surface area (Å²) >= 11 is 0. The summed E-state index contributed by atoms with van der Waals surface area (Å²) in [5.74, 6) is 0.344. The van der Waals surface area contributed by atoms with Crippen molar-refractivity contribution in [2.75, 3.05) is 29.2 Å². The molecule has 0 unspecified atom stereocenters. The van der Waals surface area contributed by atoms with Crippen molar-refractivity contribution in [3.8, 4) is 11.5 Å². The molecule has 2 aromatic carbocycles. The van der Waals surface area contributed by atoms with Gasteiger partial charge < -0.3 is 14.8 Å². The summed E-state index contributed by atoms with van der Waals surface area (Å²) in [6.45, 7) is 1.06. The number of anilines is 2. The predicted molar refractivity (Wildman–Crippen MR) is 99.8 cm³/mol. The summed E-state index contributed by atoms with van der Waals surface area (Å²) in [7, 11) is -3.74. The number of sulfonamides is 1. The van der Waals surface area contributed by atoms with Crippen LogP contribution in [0.1, 0.15) is 17.3 Å². The van der Waals surface area contributed by atoms with E-state index in [-0.39, 0.29) is 18.3 Å². The second kappa shape index (κ2) is 7.28. The zero-order valence-corrected chi connectivity index (χ0v) is 15.6. The minimum Gasteiger partial charge on any atom is -0.454 e. The van der Waals surface area contributed by atoms with Crippen molar-refractivity contribution < 1.29 is 27.5 Å². The summed E-state index contributed by atoms with van der Waals surface area (Å²) < 4.78 is 35.8. The number of rotatable bonds is 6. The zero-order valence-electron chi connectivity index (χ0n) is 14.8. The first-order valence-electron chi connectivity index (χ1n) is 8.02. The minimum atomic E-state index is -3.74. The fourth-order valence-electron chi connectivity index (χ4n) is 2.59. The van der Waals surface area contributed by atoms with Crippen LogP contribution in [0.15, 0.2) is 42.5 Å². The van der Waals surface area contributed by atoms with E-state index in [1.165, 1.54) is 19.1 Å². The largest absolute Gasteiger partial charge is 0.454 e. The van der Waals surface area contributed by atoms with Crippen LogP contribution < -0.4 is 19.1 Å². The third-order valence-corrected chi connectivity index (χ3v) is 5.03. The van der Waals surface area contributed by atoms with Crippen molar-refractivity contribution in [1.82, 2.24) is 0 Å². The van der Waals surface area contributed by atoms with Crippen LogP contribution in [0.2, 0.25) is 0 Å². The second-order valence-electron chi connectivity index (χ2n) is 5.99. The Balaban J connectivity index is 1.80. The van der Waals surface area contributed by atoms with Crippen LogP contribution in [-0.4, -0.2) is 39.7 Å². The Hall–Kier alpha value is -3.07. The molecule has 1 aliphatic heterocycles. The van der Waals surface area contributed by atoms with Crippen molar-refractivity contribution in [2.45, 2.75) is 6.92 Å². The molecule has 0 aromatic heterocycles. The fraction of sp³-hybridized carbons (Fsp3) is 0.222. The van der Waals surface area contributed by atoms with E-state index < -0.39 is 22.5 Å². The maximum absolute atomic E-state index is 12.4. The molecule has 0 saturated carbocycles. The average Bonchev–Trinajstić information content (AvgIpc) is 3.06. The van der Waals surface area contributed by atoms with Crippen molar-refractivity contribution in [1.29, 1.82) is 0 Å². The molecule has 27 heavy (non-hydrogen) atoms. The van der Waals surface area contributed by atoms with Gasteiger partial charge in [-0.15, -0.1) is 0 Å². The Morgan fingerprint density at radius 3 is 2.56 bits per heavy atom. The summed E-state index contributed by atoms with van der Waals surface area (Å²) in [6, 6.07) is 11.0. The van der Waals surface area contributed by atoms with E-state index in [1.807, 2.05) is 0 Å². The van der Waals surface area contributed by atoms with Crippen LogP contribution in [0.25, 0.3) is 0 Å². The lowest BCUT2D eigenvalue weighted by Gasteiger charge is -2.22. The third kappa shape index (κ3) is 4.37. The maximum Gasteiger partial charge on any atom is 0.245 e. The molecule has 1 aliphatic rings. The molecule has 3 rings (SSSR count). The van der Waals surface area contributed by atoms with Gasteiger partial charge in [-0.3, -0.25) is 13.9 Å². The Kier molecular flexibility index (Phi) is 5.04. The van der Waals surface area contributed by atoms with E-state index in [0.717, 1.165) is 10.6 Å². The van der Waals surface area contributed by atoms with Gasteiger partial charge in [0.15, 0.2) is 17.3 Å². The van der Waals surface area contributed by atoms with Crippen LogP contribution in [0.4, 0.5) is 11.4 Å². The van der Waals surface area contributed by atoms with Crippen molar-refractivity contribution in [2.24, 2.45) is 0 Å². The number of nitrogens with one attached hydrogen (secondary N) is 1. The summed E-state index contributed by atoms with van der Waals surface area (Å²) in [4.78, 5) is 24.0. The van der Waals surface area contributed by atoms with Crippen molar-refractivity contribution >= 4 is 33.1 Å². The number of fused-ring (bicyclic) bond motifs is 1. The molecule has 9 heteroatoms. The molecule has 1 amide bonds. The maximum atomic E-state index is 12.4. The van der Waals surface area contributed by atoms with Crippen LogP contribution in [0.3, 0.4) is 0 Å². The van der Waals surface area contributed by atoms with Gasteiger partial charge in [0.1, 0.15) is 6.54 Å². The van der Waals surface area contributed by atoms with Crippen LogP contribution in [-0.2, 0) is 14.8 Å². The number of nitrogens with zero attached hydrogens (tertiary/aromatic N) is 1. The SMILES string of the molecule is CC(=O)c1cccc(N(CC(=O)Nc2ccc3c(c2)OCO3)S(C)(=O)=O)c1. The number of ketones is 1. The van der Waals surface area contributed by atoms with Crippen LogP contribution >= 0.6 is 0 Å². The molecule has 0 aliphatic carbocycles. The van der Waals surface area contributed by atoms with E-state index >= 15 is 0 Å². The number of amides is 1. The monoisotopic (exact) mass is 390 g/mol. The van der Waals surface area contributed by atoms with Gasteiger partial charge in [-0.1, -0.05) is 12.1 Å². The van der Waals surface area contributed by atoms with Gasteiger partial charge in [-0.2, -0.15) is 0 Å². The molecule has 2 aromatic rings. The smallest absolute Gasteiger partial charge is 0.245 e. The molecule has 0 saturated heterocycles. The Morgan fingerprint density at radius 1 is 1.11 bits per heavy atom. The first-order chi connectivity index (χ1) is 12.7. The summed E-state index contributed by atoms with van der Waals surface area (Å²) in [5.41, 5.74) is 1.05. The quantitative estimate of drug-likeness (QED) is 0.757. The van der Waals surface area contributed by atoms with Gasteiger partial charge in [0.2, 0.25) is 22.7 Å². The molecule has 0 bridgehead atoms. The van der Waals surface area contributed by atoms with Crippen molar-refractivity contribution in [3.63, 3.8) is 0 Å². The summed E-state index contributed by atoms with van der Waals surface area (Å²) in [6.07, 6.45) is 1.00. The average molecular weight is 390 g/mol. The normalized spacial score (nSPS) is 12.5. The standard InChI is InChI=1S/C18H18N2O6S/c1-12(21)13-4-3-5-15(8-13)20(27(2,23)24)10-18(22)19-14-6-7-16-17(9-14)26-11-25-16/h3-9H,10-11H2,1-2H3,(H,19,22). The number of ether oxygens (including phenoxy) is 2. The molecule has 142 valence electrons. The Morgan fingerprint density at radius 2 is 1.85 bits per heavy atom. The van der Waals surface area contributed by atoms with Crippen molar-refractivity contribution in [3.05, 3.63) is 48.0 Å². The van der Waals surface area contributed by atoms with Gasteiger partial charge in [0, 0.05) is 17.3 Å². The van der Waals surface area contributed by atoms with Gasteiger partial charge in [0.25, 0.3) is 0 Å². The highest BCUT2D eigenvalue weighted by molar-refractivity contribution is 7.92. The second-order valence-corrected chi connectivity index (χ2v) is 7.90. The van der Waals surface area contributed by atoms with E-state index in [0.29, 0.717) is 22.7 Å². The van der Waals surface area contributed by atoms with Gasteiger partial charge in [0.05, 0.1) is 11.9 Å². The van der Waals surface area contributed by atoms with E-state index in [2.05, 4.69) is 5.32 Å². The third-order valence-electron chi connectivity index (χ3n) is 3.88. The Bertz CT molecular complexity index is 1000. The topological polar surface area (TPSA) is 102 Å². The highest BCUT2D eigenvalue weighted by Gasteiger charge is 2.22. The highest BCUT2D eigenvalue weighted by Crippen LogP contribution is 2.34. The fourth-order valence-corrected chi connectivity index (χ4v) is 3.43. The highest BCUT2D eigenvalue weighted by atomic mass is 32.2. The molecular formula is C18H18N2O6S. The van der Waals surface area contributed by atoms with Crippen LogP contribution in [0, 0.1) is 0 Å². The molecule has 0 radical (unpaired) electrons. The van der Waals surface area contributed by atoms with Gasteiger partial charge in [-0.05, 0) is 31.2 Å². The molecule has 0 atom stereocenters.